The molecule has 0 unspecified atom stereocenters. The van der Waals surface area contributed by atoms with E-state index in [0.717, 1.165) is 6.54 Å². The molecule has 0 heterocycles. The van der Waals surface area contributed by atoms with Gasteiger partial charge in [-0.2, -0.15) is 25.3 Å². The van der Waals surface area contributed by atoms with Crippen LogP contribution in [-0.4, -0.2) is 29.6 Å². The monoisotopic (exact) mass is 151 g/mol. The summed E-state index contributed by atoms with van der Waals surface area (Å²) < 4.78 is -0.163. The lowest BCUT2D eigenvalue weighted by Gasteiger charge is -2.20. The summed E-state index contributed by atoms with van der Waals surface area (Å²) >= 11 is 8.43. The van der Waals surface area contributed by atoms with Gasteiger partial charge in [-0.25, -0.2) is 0 Å². The highest BCUT2D eigenvalue weighted by Crippen LogP contribution is 2.17. The van der Waals surface area contributed by atoms with Crippen molar-refractivity contribution in [2.75, 3.05) is 20.6 Å². The van der Waals surface area contributed by atoms with Crippen LogP contribution in [0.3, 0.4) is 0 Å². The van der Waals surface area contributed by atoms with Gasteiger partial charge in [0.15, 0.2) is 0 Å². The number of rotatable bonds is 2. The van der Waals surface area contributed by atoms with Gasteiger partial charge in [0.25, 0.3) is 0 Å². The van der Waals surface area contributed by atoms with Crippen molar-refractivity contribution >= 4 is 25.3 Å². The average molecular weight is 151 g/mol. The van der Waals surface area contributed by atoms with Gasteiger partial charge in [0.1, 0.15) is 0 Å². The van der Waals surface area contributed by atoms with Crippen LogP contribution in [0.4, 0.5) is 0 Å². The molecule has 0 atom stereocenters. The van der Waals surface area contributed by atoms with E-state index in [1.807, 2.05) is 21.0 Å². The second-order valence-corrected chi connectivity index (χ2v) is 4.78. The molecular formula is C5H13NS2. The van der Waals surface area contributed by atoms with Crippen LogP contribution in [0.25, 0.3) is 0 Å². The number of thiol groups is 2. The zero-order valence-electron chi connectivity index (χ0n) is 5.55. The van der Waals surface area contributed by atoms with Crippen LogP contribution < -0.4 is 0 Å². The summed E-state index contributed by atoms with van der Waals surface area (Å²) in [7, 11) is 4.01. The summed E-state index contributed by atoms with van der Waals surface area (Å²) in [6.45, 7) is 2.86. The first-order valence-electron chi connectivity index (χ1n) is 2.51. The zero-order valence-corrected chi connectivity index (χ0v) is 7.34. The van der Waals surface area contributed by atoms with Crippen LogP contribution in [0.15, 0.2) is 0 Å². The number of nitrogens with zero attached hydrogens (tertiary/aromatic N) is 1. The normalized spacial score (nSPS) is 12.8. The van der Waals surface area contributed by atoms with Gasteiger partial charge in [-0.15, -0.1) is 0 Å². The van der Waals surface area contributed by atoms with Crippen molar-refractivity contribution in [1.29, 1.82) is 0 Å². The van der Waals surface area contributed by atoms with E-state index in [2.05, 4.69) is 30.2 Å². The minimum atomic E-state index is -0.163. The maximum absolute atomic E-state index is 4.22. The Morgan fingerprint density at radius 1 is 1.38 bits per heavy atom. The van der Waals surface area contributed by atoms with E-state index < -0.39 is 0 Å². The largest absolute Gasteiger partial charge is 0.307 e. The molecule has 0 aromatic rings. The average Bonchev–Trinajstić information content (AvgIpc) is 1.21. The number of hydrogen-bond donors (Lipinski definition) is 2. The molecule has 0 aliphatic heterocycles. The molecule has 0 bridgehead atoms. The van der Waals surface area contributed by atoms with Crippen LogP contribution >= 0.6 is 25.3 Å². The molecule has 0 N–H and O–H groups in total. The van der Waals surface area contributed by atoms with Gasteiger partial charge in [-0.05, 0) is 21.0 Å². The first-order chi connectivity index (χ1) is 3.42. The maximum atomic E-state index is 4.22. The molecule has 3 heteroatoms. The summed E-state index contributed by atoms with van der Waals surface area (Å²) in [5.41, 5.74) is 0. The Balaban J connectivity index is 3.39. The van der Waals surface area contributed by atoms with Crippen molar-refractivity contribution in [3.63, 3.8) is 0 Å². The Morgan fingerprint density at radius 2 is 1.75 bits per heavy atom. The molecule has 1 nitrogen and oxygen atoms in total. The Bertz CT molecular complexity index is 65.3. The van der Waals surface area contributed by atoms with Gasteiger partial charge in [-0.1, -0.05) is 0 Å². The van der Waals surface area contributed by atoms with E-state index in [4.69, 9.17) is 0 Å². The molecule has 0 spiro atoms. The summed E-state index contributed by atoms with van der Waals surface area (Å²) in [5.74, 6) is 0. The Labute approximate surface area is 62.3 Å². The summed E-state index contributed by atoms with van der Waals surface area (Å²) in [6, 6.07) is 0. The highest BCUT2D eigenvalue weighted by molar-refractivity contribution is 8.00. The van der Waals surface area contributed by atoms with E-state index in [1.165, 1.54) is 0 Å². The third-order valence-electron chi connectivity index (χ3n) is 0.616. The van der Waals surface area contributed by atoms with Crippen LogP contribution in [0.1, 0.15) is 6.92 Å². The van der Waals surface area contributed by atoms with Gasteiger partial charge >= 0.3 is 0 Å². The van der Waals surface area contributed by atoms with Crippen molar-refractivity contribution in [2.24, 2.45) is 0 Å². The van der Waals surface area contributed by atoms with Gasteiger partial charge < -0.3 is 4.90 Å². The molecule has 0 aromatic carbocycles. The maximum Gasteiger partial charge on any atom is 0.0649 e. The first kappa shape index (κ1) is 8.66. The smallest absolute Gasteiger partial charge is 0.0649 e. The predicted molar refractivity (Wildman–Crippen MR) is 44.9 cm³/mol. The topological polar surface area (TPSA) is 3.24 Å². The van der Waals surface area contributed by atoms with Gasteiger partial charge in [0.2, 0.25) is 0 Å². The summed E-state index contributed by atoms with van der Waals surface area (Å²) in [5, 5.41) is 0. The Kier molecular flexibility index (Phi) is 3.24. The quantitative estimate of drug-likeness (QED) is 0.442. The number of hydrogen-bond acceptors (Lipinski definition) is 3. The predicted octanol–water partition coefficient (Wildman–Crippen LogP) is 1.12. The highest BCUT2D eigenvalue weighted by atomic mass is 32.2. The molecule has 0 aliphatic carbocycles. The SMILES string of the molecule is CN(C)CC(C)(S)S. The molecule has 0 aliphatic rings. The molecule has 0 saturated carbocycles. The van der Waals surface area contributed by atoms with Crippen molar-refractivity contribution in [3.05, 3.63) is 0 Å². The lowest BCUT2D eigenvalue weighted by molar-refractivity contribution is 0.405. The first-order valence-corrected chi connectivity index (χ1v) is 3.41. The molecule has 0 saturated heterocycles. The Morgan fingerprint density at radius 3 is 1.75 bits per heavy atom. The summed E-state index contributed by atoms with van der Waals surface area (Å²) in [6.07, 6.45) is 0. The van der Waals surface area contributed by atoms with Gasteiger partial charge in [0.05, 0.1) is 4.08 Å². The molecule has 0 amide bonds. The molecular weight excluding hydrogens is 138 g/mol. The van der Waals surface area contributed by atoms with Crippen LogP contribution in [0.5, 0.6) is 0 Å². The van der Waals surface area contributed by atoms with Crippen molar-refractivity contribution in [1.82, 2.24) is 4.90 Å². The van der Waals surface area contributed by atoms with Crippen LogP contribution in [-0.2, 0) is 0 Å². The standard InChI is InChI=1S/C5H13NS2/c1-5(7,8)4-6(2)3/h7-8H,4H2,1-3H3. The molecule has 0 aromatic heterocycles. The second kappa shape index (κ2) is 2.99. The summed E-state index contributed by atoms with van der Waals surface area (Å²) in [4.78, 5) is 2.06. The van der Waals surface area contributed by atoms with Crippen LogP contribution in [0.2, 0.25) is 0 Å². The fourth-order valence-corrected chi connectivity index (χ4v) is 1.16. The highest BCUT2D eigenvalue weighted by Gasteiger charge is 2.12. The lowest BCUT2D eigenvalue weighted by Crippen LogP contribution is -2.27. The molecule has 50 valence electrons. The molecule has 0 radical (unpaired) electrons. The zero-order chi connectivity index (χ0) is 6.78. The van der Waals surface area contributed by atoms with Gasteiger partial charge in [-0.3, -0.25) is 0 Å². The van der Waals surface area contributed by atoms with Crippen LogP contribution in [0, 0.1) is 0 Å². The van der Waals surface area contributed by atoms with Crippen molar-refractivity contribution in [3.8, 4) is 0 Å². The van der Waals surface area contributed by atoms with E-state index in [0.29, 0.717) is 0 Å². The minimum Gasteiger partial charge on any atom is -0.307 e. The van der Waals surface area contributed by atoms with E-state index in [-0.39, 0.29) is 4.08 Å². The minimum absolute atomic E-state index is 0.163. The van der Waals surface area contributed by atoms with E-state index >= 15 is 0 Å². The fraction of sp³-hybridized carbons (Fsp3) is 1.00. The van der Waals surface area contributed by atoms with E-state index in [9.17, 15) is 0 Å². The fourth-order valence-electron chi connectivity index (χ4n) is 0.599. The third kappa shape index (κ3) is 6.66. The third-order valence-corrected chi connectivity index (χ3v) is 0.899. The van der Waals surface area contributed by atoms with Gasteiger partial charge in [0, 0.05) is 6.54 Å². The molecule has 0 rings (SSSR count). The van der Waals surface area contributed by atoms with Crippen molar-refractivity contribution < 1.29 is 0 Å². The second-order valence-electron chi connectivity index (χ2n) is 2.45. The van der Waals surface area contributed by atoms with E-state index in [1.54, 1.807) is 0 Å². The lowest BCUT2D eigenvalue weighted by atomic mass is 10.4. The molecule has 0 fully saturated rings. The Hall–Kier alpha value is 0.660. The molecule has 8 heavy (non-hydrogen) atoms. The van der Waals surface area contributed by atoms with Crippen molar-refractivity contribution in [2.45, 2.75) is 11.0 Å².